The first-order valence-electron chi connectivity index (χ1n) is 5.70. The van der Waals surface area contributed by atoms with Gasteiger partial charge in [0, 0.05) is 16.9 Å². The topological polar surface area (TPSA) is 49.3 Å². The Hall–Kier alpha value is -1.17. The summed E-state index contributed by atoms with van der Waals surface area (Å²) in [6.07, 6.45) is 0.537. The standard InChI is InChI=1S/C13H15NO2S2/c1-9-7-17-8-10(9)13(16)14-11(4-5-15)12-3-2-6-18-12/h2-3,6-8,11,15H,4-5H2,1H3,(H,14,16)/t11-/m0/s1. The van der Waals surface area contributed by atoms with Crippen LogP contribution in [0.3, 0.4) is 0 Å². The summed E-state index contributed by atoms with van der Waals surface area (Å²) in [7, 11) is 0. The Morgan fingerprint density at radius 3 is 2.89 bits per heavy atom. The summed E-state index contributed by atoms with van der Waals surface area (Å²) in [5, 5.41) is 17.9. The van der Waals surface area contributed by atoms with Gasteiger partial charge >= 0.3 is 0 Å². The van der Waals surface area contributed by atoms with E-state index < -0.39 is 0 Å². The second-order valence-electron chi connectivity index (χ2n) is 4.02. The van der Waals surface area contributed by atoms with Crippen molar-refractivity contribution in [1.82, 2.24) is 5.32 Å². The van der Waals surface area contributed by atoms with Crippen LogP contribution < -0.4 is 5.32 Å². The molecule has 0 aromatic carbocycles. The van der Waals surface area contributed by atoms with Gasteiger partial charge in [0.1, 0.15) is 0 Å². The van der Waals surface area contributed by atoms with Crippen molar-refractivity contribution < 1.29 is 9.90 Å². The van der Waals surface area contributed by atoms with E-state index >= 15 is 0 Å². The number of thiophene rings is 2. The Morgan fingerprint density at radius 2 is 2.33 bits per heavy atom. The Bertz CT molecular complexity index is 505. The van der Waals surface area contributed by atoms with Crippen LogP contribution in [0, 0.1) is 6.92 Å². The number of aryl methyl sites for hydroxylation is 1. The maximum absolute atomic E-state index is 12.1. The Kier molecular flexibility index (Phi) is 4.52. The average Bonchev–Trinajstić information content (AvgIpc) is 2.98. The molecule has 0 saturated carbocycles. The first-order valence-corrected chi connectivity index (χ1v) is 7.52. The van der Waals surface area contributed by atoms with Gasteiger partial charge in [-0.25, -0.2) is 0 Å². The highest BCUT2D eigenvalue weighted by Gasteiger charge is 2.17. The van der Waals surface area contributed by atoms with Crippen molar-refractivity contribution >= 4 is 28.6 Å². The molecule has 2 rings (SSSR count). The van der Waals surface area contributed by atoms with Gasteiger partial charge < -0.3 is 10.4 Å². The molecule has 3 nitrogen and oxygen atoms in total. The van der Waals surface area contributed by atoms with E-state index in [9.17, 15) is 4.79 Å². The van der Waals surface area contributed by atoms with Crippen molar-refractivity contribution in [3.63, 3.8) is 0 Å². The van der Waals surface area contributed by atoms with Crippen LogP contribution in [0.15, 0.2) is 28.3 Å². The first-order chi connectivity index (χ1) is 8.72. The van der Waals surface area contributed by atoms with Gasteiger partial charge in [0.25, 0.3) is 5.91 Å². The largest absolute Gasteiger partial charge is 0.396 e. The molecule has 0 bridgehead atoms. The number of amides is 1. The zero-order chi connectivity index (χ0) is 13.0. The first kappa shape index (κ1) is 13.3. The lowest BCUT2D eigenvalue weighted by atomic mass is 10.1. The molecule has 96 valence electrons. The van der Waals surface area contributed by atoms with E-state index in [1.807, 2.05) is 35.2 Å². The van der Waals surface area contributed by atoms with Crippen LogP contribution in [0.5, 0.6) is 0 Å². The molecule has 0 saturated heterocycles. The number of aliphatic hydroxyl groups is 1. The molecule has 2 heterocycles. The molecule has 0 aliphatic carbocycles. The molecule has 0 fully saturated rings. The summed E-state index contributed by atoms with van der Waals surface area (Å²) < 4.78 is 0. The third kappa shape index (κ3) is 2.98. The molecule has 0 radical (unpaired) electrons. The molecule has 0 aliphatic rings. The molecule has 2 aromatic rings. The molecule has 5 heteroatoms. The third-order valence-corrected chi connectivity index (χ3v) is 4.56. The van der Waals surface area contributed by atoms with Gasteiger partial charge in [0.15, 0.2) is 0 Å². The lowest BCUT2D eigenvalue weighted by molar-refractivity contribution is 0.0930. The number of hydrogen-bond donors (Lipinski definition) is 2. The maximum atomic E-state index is 12.1. The van der Waals surface area contributed by atoms with Crippen LogP contribution in [-0.4, -0.2) is 17.6 Å². The molecule has 0 spiro atoms. The lowest BCUT2D eigenvalue weighted by Gasteiger charge is -2.16. The monoisotopic (exact) mass is 281 g/mol. The fourth-order valence-corrected chi connectivity index (χ4v) is 3.37. The summed E-state index contributed by atoms with van der Waals surface area (Å²) >= 11 is 3.12. The molecule has 0 aliphatic heterocycles. The van der Waals surface area contributed by atoms with Gasteiger partial charge in [-0.2, -0.15) is 11.3 Å². The Balaban J connectivity index is 2.10. The van der Waals surface area contributed by atoms with Crippen molar-refractivity contribution in [2.45, 2.75) is 19.4 Å². The fourth-order valence-electron chi connectivity index (χ4n) is 1.73. The predicted molar refractivity (Wildman–Crippen MR) is 75.3 cm³/mol. The van der Waals surface area contributed by atoms with E-state index in [0.29, 0.717) is 6.42 Å². The third-order valence-electron chi connectivity index (χ3n) is 2.71. The van der Waals surface area contributed by atoms with Gasteiger partial charge in [-0.05, 0) is 35.7 Å². The molecule has 18 heavy (non-hydrogen) atoms. The van der Waals surface area contributed by atoms with E-state index in [1.54, 1.807) is 11.3 Å². The van der Waals surface area contributed by atoms with Gasteiger partial charge in [-0.3, -0.25) is 4.79 Å². The molecule has 2 N–H and O–H groups in total. The van der Waals surface area contributed by atoms with E-state index in [4.69, 9.17) is 5.11 Å². The smallest absolute Gasteiger partial charge is 0.252 e. The van der Waals surface area contributed by atoms with Gasteiger partial charge in [0.2, 0.25) is 0 Å². The van der Waals surface area contributed by atoms with Crippen LogP contribution >= 0.6 is 22.7 Å². The number of aliphatic hydroxyl groups excluding tert-OH is 1. The van der Waals surface area contributed by atoms with Crippen LogP contribution in [0.25, 0.3) is 0 Å². The van der Waals surface area contributed by atoms with E-state index in [0.717, 1.165) is 16.0 Å². The molecule has 2 aromatic heterocycles. The summed E-state index contributed by atoms with van der Waals surface area (Å²) in [5.74, 6) is -0.0689. The average molecular weight is 281 g/mol. The van der Waals surface area contributed by atoms with Crippen LogP contribution in [0.2, 0.25) is 0 Å². The predicted octanol–water partition coefficient (Wildman–Crippen LogP) is 2.97. The highest BCUT2D eigenvalue weighted by Crippen LogP contribution is 2.23. The van der Waals surface area contributed by atoms with Crippen molar-refractivity contribution in [2.24, 2.45) is 0 Å². The van der Waals surface area contributed by atoms with Crippen molar-refractivity contribution in [2.75, 3.05) is 6.61 Å². The number of rotatable bonds is 5. The van der Waals surface area contributed by atoms with Gasteiger partial charge in [0.05, 0.1) is 11.6 Å². The van der Waals surface area contributed by atoms with E-state index in [2.05, 4.69) is 5.32 Å². The van der Waals surface area contributed by atoms with Crippen molar-refractivity contribution in [3.8, 4) is 0 Å². The summed E-state index contributed by atoms with van der Waals surface area (Å²) in [4.78, 5) is 13.2. The van der Waals surface area contributed by atoms with Crippen molar-refractivity contribution in [1.29, 1.82) is 0 Å². The second kappa shape index (κ2) is 6.13. The highest BCUT2D eigenvalue weighted by atomic mass is 32.1. The second-order valence-corrected chi connectivity index (χ2v) is 5.75. The molecule has 1 amide bonds. The summed E-state index contributed by atoms with van der Waals surface area (Å²) in [5.41, 5.74) is 1.71. The van der Waals surface area contributed by atoms with Crippen molar-refractivity contribution in [3.05, 3.63) is 44.3 Å². The Labute approximate surface area is 114 Å². The normalized spacial score (nSPS) is 12.3. The van der Waals surface area contributed by atoms with Crippen LogP contribution in [0.4, 0.5) is 0 Å². The van der Waals surface area contributed by atoms with Crippen LogP contribution in [0.1, 0.15) is 33.3 Å². The summed E-state index contributed by atoms with van der Waals surface area (Å²) in [6, 6.07) is 3.82. The Morgan fingerprint density at radius 1 is 1.50 bits per heavy atom. The minimum absolute atomic E-state index is 0.0610. The number of carbonyl (C=O) groups is 1. The summed E-state index contributed by atoms with van der Waals surface area (Å²) in [6.45, 7) is 1.99. The lowest BCUT2D eigenvalue weighted by Crippen LogP contribution is -2.28. The van der Waals surface area contributed by atoms with Gasteiger partial charge in [-0.15, -0.1) is 11.3 Å². The maximum Gasteiger partial charge on any atom is 0.252 e. The SMILES string of the molecule is Cc1cscc1C(=O)N[C@@H](CCO)c1cccs1. The zero-order valence-corrected chi connectivity index (χ0v) is 11.7. The molecule has 0 unspecified atom stereocenters. The van der Waals surface area contributed by atoms with Gasteiger partial charge in [-0.1, -0.05) is 6.07 Å². The zero-order valence-electron chi connectivity index (χ0n) is 10.1. The minimum atomic E-state index is -0.109. The highest BCUT2D eigenvalue weighted by molar-refractivity contribution is 7.10. The number of hydrogen-bond acceptors (Lipinski definition) is 4. The molecule has 1 atom stereocenters. The quantitative estimate of drug-likeness (QED) is 0.885. The number of nitrogens with one attached hydrogen (secondary N) is 1. The van der Waals surface area contributed by atoms with Crippen LogP contribution in [-0.2, 0) is 0 Å². The van der Waals surface area contributed by atoms with E-state index in [1.165, 1.54) is 11.3 Å². The van der Waals surface area contributed by atoms with E-state index in [-0.39, 0.29) is 18.6 Å². The molecular weight excluding hydrogens is 266 g/mol. The fraction of sp³-hybridized carbons (Fsp3) is 0.308. The minimum Gasteiger partial charge on any atom is -0.396 e. The number of carbonyl (C=O) groups excluding carboxylic acids is 1. The molecular formula is C13H15NO2S2.